The highest BCUT2D eigenvalue weighted by Gasteiger charge is 2.22. The lowest BCUT2D eigenvalue weighted by atomic mass is 10.1. The van der Waals surface area contributed by atoms with Gasteiger partial charge >= 0.3 is 0 Å². The lowest BCUT2D eigenvalue weighted by Crippen LogP contribution is -2.40. The molecular formula is C15H22FNO2. The van der Waals surface area contributed by atoms with E-state index in [1.54, 1.807) is 6.07 Å². The summed E-state index contributed by atoms with van der Waals surface area (Å²) in [5.41, 5.74) is 1.57. The Morgan fingerprint density at radius 2 is 2.32 bits per heavy atom. The van der Waals surface area contributed by atoms with Crippen LogP contribution in [0.25, 0.3) is 0 Å². The Bertz CT molecular complexity index is 411. The molecule has 1 aromatic carbocycles. The summed E-state index contributed by atoms with van der Waals surface area (Å²) in [6.45, 7) is 4.51. The SMILES string of the molecule is CCCOC1CCCN(c2ccc(F)cc2CO)C1. The molecule has 19 heavy (non-hydrogen) atoms. The molecular weight excluding hydrogens is 245 g/mol. The van der Waals surface area contributed by atoms with E-state index in [0.29, 0.717) is 5.56 Å². The van der Waals surface area contributed by atoms with Crippen LogP contribution in [0.1, 0.15) is 31.7 Å². The van der Waals surface area contributed by atoms with Crippen molar-refractivity contribution in [1.82, 2.24) is 0 Å². The summed E-state index contributed by atoms with van der Waals surface area (Å²) in [6, 6.07) is 4.61. The number of ether oxygens (including phenoxy) is 1. The smallest absolute Gasteiger partial charge is 0.123 e. The van der Waals surface area contributed by atoms with Gasteiger partial charge in [0.25, 0.3) is 0 Å². The monoisotopic (exact) mass is 267 g/mol. The van der Waals surface area contributed by atoms with Crippen molar-refractivity contribution in [3.05, 3.63) is 29.6 Å². The minimum absolute atomic E-state index is 0.135. The van der Waals surface area contributed by atoms with Crippen molar-refractivity contribution in [3.63, 3.8) is 0 Å². The third-order valence-corrected chi connectivity index (χ3v) is 3.49. The van der Waals surface area contributed by atoms with Crippen LogP contribution in [0.5, 0.6) is 0 Å². The topological polar surface area (TPSA) is 32.7 Å². The summed E-state index contributed by atoms with van der Waals surface area (Å²) >= 11 is 0. The Labute approximate surface area is 114 Å². The molecule has 1 aliphatic heterocycles. The van der Waals surface area contributed by atoms with Crippen LogP contribution in [-0.4, -0.2) is 30.9 Å². The van der Waals surface area contributed by atoms with E-state index >= 15 is 0 Å². The number of halogens is 1. The Hall–Kier alpha value is -1.13. The molecule has 2 rings (SSSR count). The first kappa shape index (κ1) is 14.3. The summed E-state index contributed by atoms with van der Waals surface area (Å²) in [4.78, 5) is 2.19. The Kier molecular flexibility index (Phi) is 5.16. The second-order valence-corrected chi connectivity index (χ2v) is 5.01. The molecule has 0 saturated carbocycles. The predicted molar refractivity (Wildman–Crippen MR) is 73.8 cm³/mol. The van der Waals surface area contributed by atoms with Crippen molar-refractivity contribution in [2.45, 2.75) is 38.9 Å². The molecule has 4 heteroatoms. The van der Waals surface area contributed by atoms with Crippen molar-refractivity contribution in [1.29, 1.82) is 0 Å². The maximum absolute atomic E-state index is 13.2. The van der Waals surface area contributed by atoms with Crippen LogP contribution in [0.2, 0.25) is 0 Å². The molecule has 0 spiro atoms. The number of hydrogen-bond acceptors (Lipinski definition) is 3. The van der Waals surface area contributed by atoms with Crippen LogP contribution in [0.15, 0.2) is 18.2 Å². The highest BCUT2D eigenvalue weighted by atomic mass is 19.1. The molecule has 3 nitrogen and oxygen atoms in total. The van der Waals surface area contributed by atoms with Gasteiger partial charge in [-0.05, 0) is 37.5 Å². The maximum atomic E-state index is 13.2. The number of nitrogens with zero attached hydrogens (tertiary/aromatic N) is 1. The van der Waals surface area contributed by atoms with Crippen LogP contribution in [-0.2, 0) is 11.3 Å². The van der Waals surface area contributed by atoms with E-state index in [1.807, 2.05) is 0 Å². The summed E-state index contributed by atoms with van der Waals surface area (Å²) in [6.07, 6.45) is 3.41. The fourth-order valence-electron chi connectivity index (χ4n) is 2.57. The Balaban J connectivity index is 2.08. The van der Waals surface area contributed by atoms with E-state index in [1.165, 1.54) is 12.1 Å². The summed E-state index contributed by atoms with van der Waals surface area (Å²) in [5, 5.41) is 9.36. The van der Waals surface area contributed by atoms with E-state index in [-0.39, 0.29) is 18.5 Å². The van der Waals surface area contributed by atoms with Gasteiger partial charge in [0.15, 0.2) is 0 Å². The standard InChI is InChI=1S/C15H22FNO2/c1-2-8-19-14-4-3-7-17(10-14)15-6-5-13(16)9-12(15)11-18/h5-6,9,14,18H,2-4,7-8,10-11H2,1H3. The van der Waals surface area contributed by atoms with Crippen LogP contribution in [0.4, 0.5) is 10.1 Å². The first-order valence-corrected chi connectivity index (χ1v) is 7.00. The van der Waals surface area contributed by atoms with Gasteiger partial charge < -0.3 is 14.7 Å². The molecule has 1 unspecified atom stereocenters. The normalized spacial score (nSPS) is 19.7. The number of benzene rings is 1. The summed E-state index contributed by atoms with van der Waals surface area (Å²) < 4.78 is 19.0. The van der Waals surface area contributed by atoms with E-state index in [4.69, 9.17) is 4.74 Å². The van der Waals surface area contributed by atoms with Crippen molar-refractivity contribution < 1.29 is 14.2 Å². The molecule has 1 heterocycles. The number of rotatable bonds is 5. The van der Waals surface area contributed by atoms with Gasteiger partial charge in [-0.15, -0.1) is 0 Å². The van der Waals surface area contributed by atoms with E-state index < -0.39 is 0 Å². The molecule has 0 radical (unpaired) electrons. The van der Waals surface area contributed by atoms with Crippen LogP contribution < -0.4 is 4.90 Å². The third kappa shape index (κ3) is 3.67. The van der Waals surface area contributed by atoms with Gasteiger partial charge in [0.2, 0.25) is 0 Å². The van der Waals surface area contributed by atoms with Crippen molar-refractivity contribution in [3.8, 4) is 0 Å². The van der Waals surface area contributed by atoms with Gasteiger partial charge in [0, 0.05) is 30.9 Å². The lowest BCUT2D eigenvalue weighted by molar-refractivity contribution is 0.0440. The number of aliphatic hydroxyl groups excluding tert-OH is 1. The highest BCUT2D eigenvalue weighted by molar-refractivity contribution is 5.54. The zero-order chi connectivity index (χ0) is 13.7. The first-order chi connectivity index (χ1) is 9.24. The van der Waals surface area contributed by atoms with Crippen molar-refractivity contribution >= 4 is 5.69 Å². The molecule has 1 fully saturated rings. The molecule has 0 amide bonds. The summed E-state index contributed by atoms with van der Waals surface area (Å²) in [7, 11) is 0. The molecule has 1 aliphatic rings. The molecule has 0 aromatic heterocycles. The number of piperidine rings is 1. The largest absolute Gasteiger partial charge is 0.392 e. The average molecular weight is 267 g/mol. The van der Waals surface area contributed by atoms with Gasteiger partial charge in [-0.3, -0.25) is 0 Å². The molecule has 1 saturated heterocycles. The highest BCUT2D eigenvalue weighted by Crippen LogP contribution is 2.26. The zero-order valence-corrected chi connectivity index (χ0v) is 11.4. The minimum Gasteiger partial charge on any atom is -0.392 e. The molecule has 0 bridgehead atoms. The van der Waals surface area contributed by atoms with Gasteiger partial charge in [-0.1, -0.05) is 6.92 Å². The maximum Gasteiger partial charge on any atom is 0.123 e. The Morgan fingerprint density at radius 3 is 3.05 bits per heavy atom. The fourth-order valence-corrected chi connectivity index (χ4v) is 2.57. The van der Waals surface area contributed by atoms with Gasteiger partial charge in [-0.2, -0.15) is 0 Å². The quantitative estimate of drug-likeness (QED) is 0.890. The number of hydrogen-bond donors (Lipinski definition) is 1. The second-order valence-electron chi connectivity index (χ2n) is 5.01. The lowest BCUT2D eigenvalue weighted by Gasteiger charge is -2.35. The van der Waals surface area contributed by atoms with E-state index in [0.717, 1.165) is 44.6 Å². The van der Waals surface area contributed by atoms with Crippen molar-refractivity contribution in [2.24, 2.45) is 0 Å². The molecule has 0 aliphatic carbocycles. The van der Waals surface area contributed by atoms with E-state index in [2.05, 4.69) is 11.8 Å². The molecule has 1 N–H and O–H groups in total. The van der Waals surface area contributed by atoms with Crippen LogP contribution in [0.3, 0.4) is 0 Å². The third-order valence-electron chi connectivity index (χ3n) is 3.49. The molecule has 1 aromatic rings. The first-order valence-electron chi connectivity index (χ1n) is 7.00. The van der Waals surface area contributed by atoms with Gasteiger partial charge in [0.05, 0.1) is 12.7 Å². The van der Waals surface area contributed by atoms with Gasteiger partial charge in [-0.25, -0.2) is 4.39 Å². The molecule has 1 atom stereocenters. The Morgan fingerprint density at radius 1 is 1.47 bits per heavy atom. The average Bonchev–Trinajstić information content (AvgIpc) is 2.45. The van der Waals surface area contributed by atoms with E-state index in [9.17, 15) is 9.50 Å². The predicted octanol–water partition coefficient (Wildman–Crippen LogP) is 2.71. The van der Waals surface area contributed by atoms with Crippen LogP contribution in [0, 0.1) is 5.82 Å². The minimum atomic E-state index is -0.302. The fraction of sp³-hybridized carbons (Fsp3) is 0.600. The molecule has 106 valence electrons. The number of aliphatic hydroxyl groups is 1. The van der Waals surface area contributed by atoms with Crippen LogP contribution >= 0.6 is 0 Å². The van der Waals surface area contributed by atoms with Gasteiger partial charge in [0.1, 0.15) is 5.82 Å². The second kappa shape index (κ2) is 6.87. The van der Waals surface area contributed by atoms with Crippen molar-refractivity contribution in [2.75, 3.05) is 24.6 Å². The number of anilines is 1. The zero-order valence-electron chi connectivity index (χ0n) is 11.4. The summed E-state index contributed by atoms with van der Waals surface area (Å²) in [5.74, 6) is -0.302.